The Hall–Kier alpha value is -1.78. The Kier molecular flexibility index (Phi) is 4.70. The third-order valence-electron chi connectivity index (χ3n) is 3.09. The lowest BCUT2D eigenvalue weighted by atomic mass is 10.1. The Morgan fingerprint density at radius 3 is 2.57 bits per heavy atom. The van der Waals surface area contributed by atoms with Crippen LogP contribution < -0.4 is 10.7 Å². The summed E-state index contributed by atoms with van der Waals surface area (Å²) in [5, 5.41) is 3.63. The summed E-state index contributed by atoms with van der Waals surface area (Å²) in [5.74, 6) is -0.435. The van der Waals surface area contributed by atoms with Crippen LogP contribution in [0.15, 0.2) is 35.3 Å². The average Bonchev–Trinajstić information content (AvgIpc) is 2.41. The van der Waals surface area contributed by atoms with Gasteiger partial charge in [0.25, 0.3) is 5.91 Å². The summed E-state index contributed by atoms with van der Waals surface area (Å²) >= 11 is 11.8. The van der Waals surface area contributed by atoms with Crippen LogP contribution >= 0.6 is 23.2 Å². The highest BCUT2D eigenvalue weighted by atomic mass is 35.5. The molecule has 0 bridgehead atoms. The van der Waals surface area contributed by atoms with Gasteiger partial charge in [0.1, 0.15) is 5.56 Å². The van der Waals surface area contributed by atoms with Gasteiger partial charge in [0, 0.05) is 18.0 Å². The largest absolute Gasteiger partial charge is 0.364 e. The van der Waals surface area contributed by atoms with Gasteiger partial charge in [0.2, 0.25) is 0 Å². The zero-order chi connectivity index (χ0) is 15.6. The predicted octanol–water partition coefficient (Wildman–Crippen LogP) is 3.48. The molecule has 1 amide bonds. The first kappa shape index (κ1) is 15.6. The van der Waals surface area contributed by atoms with Crippen LogP contribution in [0, 0.1) is 6.92 Å². The second-order valence-corrected chi connectivity index (χ2v) is 5.58. The van der Waals surface area contributed by atoms with Gasteiger partial charge in [0.15, 0.2) is 5.43 Å². The molecule has 110 valence electrons. The smallest absolute Gasteiger partial charge is 0.257 e. The average molecular weight is 325 g/mol. The maximum atomic E-state index is 12.1. The molecule has 0 aliphatic carbocycles. The van der Waals surface area contributed by atoms with E-state index < -0.39 is 5.91 Å². The number of nitrogens with one attached hydrogen (secondary N) is 2. The van der Waals surface area contributed by atoms with E-state index in [-0.39, 0.29) is 17.0 Å². The molecular weight excluding hydrogens is 311 g/mol. The minimum Gasteiger partial charge on any atom is -0.364 e. The second kappa shape index (κ2) is 6.33. The first-order valence-corrected chi connectivity index (χ1v) is 7.09. The zero-order valence-electron chi connectivity index (χ0n) is 11.5. The van der Waals surface area contributed by atoms with Crippen LogP contribution in [0.3, 0.4) is 0 Å². The topological polar surface area (TPSA) is 62.0 Å². The van der Waals surface area contributed by atoms with E-state index in [1.807, 2.05) is 0 Å². The van der Waals surface area contributed by atoms with Crippen LogP contribution in [0.25, 0.3) is 0 Å². The molecule has 2 N–H and O–H groups in total. The summed E-state index contributed by atoms with van der Waals surface area (Å²) in [7, 11) is 0. The zero-order valence-corrected chi connectivity index (χ0v) is 13.0. The normalized spacial score (nSPS) is 12.0. The highest BCUT2D eigenvalue weighted by Gasteiger charge is 2.15. The van der Waals surface area contributed by atoms with Gasteiger partial charge >= 0.3 is 0 Å². The summed E-state index contributed by atoms with van der Waals surface area (Å²) in [4.78, 5) is 26.8. The van der Waals surface area contributed by atoms with Gasteiger partial charge < -0.3 is 10.3 Å². The number of carbonyl (C=O) groups is 1. The van der Waals surface area contributed by atoms with Crippen LogP contribution in [0.2, 0.25) is 10.0 Å². The molecule has 4 nitrogen and oxygen atoms in total. The third-order valence-corrected chi connectivity index (χ3v) is 3.83. The Morgan fingerprint density at radius 1 is 1.24 bits per heavy atom. The van der Waals surface area contributed by atoms with Gasteiger partial charge in [-0.3, -0.25) is 9.59 Å². The van der Waals surface area contributed by atoms with E-state index in [9.17, 15) is 9.59 Å². The lowest BCUT2D eigenvalue weighted by Gasteiger charge is -2.15. The number of H-pyrrole nitrogens is 1. The number of halogens is 2. The number of carbonyl (C=O) groups excluding carboxylic acids is 1. The van der Waals surface area contributed by atoms with Crippen molar-refractivity contribution in [3.63, 3.8) is 0 Å². The fraction of sp³-hybridized carbons (Fsp3) is 0.200. The summed E-state index contributed by atoms with van der Waals surface area (Å²) < 4.78 is 0. The fourth-order valence-corrected chi connectivity index (χ4v) is 2.20. The molecule has 1 aromatic heterocycles. The number of rotatable bonds is 3. The van der Waals surface area contributed by atoms with Crippen LogP contribution in [0.1, 0.15) is 34.6 Å². The number of aryl methyl sites for hydroxylation is 1. The molecule has 0 saturated heterocycles. The highest BCUT2D eigenvalue weighted by Crippen LogP contribution is 2.25. The van der Waals surface area contributed by atoms with Crippen molar-refractivity contribution in [1.29, 1.82) is 0 Å². The molecule has 2 aromatic rings. The van der Waals surface area contributed by atoms with Crippen LogP contribution in [0.4, 0.5) is 0 Å². The van der Waals surface area contributed by atoms with Gasteiger partial charge in [-0.15, -0.1) is 0 Å². The van der Waals surface area contributed by atoms with Crippen LogP contribution in [-0.4, -0.2) is 10.9 Å². The predicted molar refractivity (Wildman–Crippen MR) is 84.1 cm³/mol. The Labute approximate surface area is 132 Å². The van der Waals surface area contributed by atoms with Gasteiger partial charge in [-0.2, -0.15) is 0 Å². The molecule has 21 heavy (non-hydrogen) atoms. The fourth-order valence-electron chi connectivity index (χ4n) is 1.89. The van der Waals surface area contributed by atoms with Crippen molar-refractivity contribution in [2.75, 3.05) is 0 Å². The quantitative estimate of drug-likeness (QED) is 0.907. The van der Waals surface area contributed by atoms with Crippen LogP contribution in [0.5, 0.6) is 0 Å². The van der Waals surface area contributed by atoms with Crippen LogP contribution in [-0.2, 0) is 0 Å². The van der Waals surface area contributed by atoms with E-state index >= 15 is 0 Å². The minimum absolute atomic E-state index is 0.0764. The molecule has 0 spiro atoms. The summed E-state index contributed by atoms with van der Waals surface area (Å²) in [6, 6.07) is 6.22. The maximum Gasteiger partial charge on any atom is 0.257 e. The first-order valence-electron chi connectivity index (χ1n) is 6.33. The van der Waals surface area contributed by atoms with Gasteiger partial charge in [-0.05, 0) is 31.5 Å². The van der Waals surface area contributed by atoms with E-state index in [0.717, 1.165) is 5.56 Å². The standard InChI is InChI=1S/C15H14Cl2N2O2/c1-8-5-14(20)11(7-18-8)15(21)19-9(2)10-3-4-12(16)13(17)6-10/h3-7,9H,1-2H3,(H,18,20)(H,19,21). The Balaban J connectivity index is 2.18. The van der Waals surface area contributed by atoms with Crippen molar-refractivity contribution in [3.8, 4) is 0 Å². The molecule has 0 aliphatic heterocycles. The van der Waals surface area contributed by atoms with Crippen molar-refractivity contribution < 1.29 is 4.79 Å². The van der Waals surface area contributed by atoms with Gasteiger partial charge in [0.05, 0.1) is 16.1 Å². The molecule has 0 aliphatic rings. The number of pyridine rings is 1. The Morgan fingerprint density at radius 2 is 1.95 bits per heavy atom. The van der Waals surface area contributed by atoms with Crippen molar-refractivity contribution >= 4 is 29.1 Å². The lowest BCUT2D eigenvalue weighted by molar-refractivity contribution is 0.0938. The number of hydrogen-bond acceptors (Lipinski definition) is 2. The van der Waals surface area contributed by atoms with Crippen molar-refractivity contribution in [2.45, 2.75) is 19.9 Å². The molecule has 1 unspecified atom stereocenters. The number of aromatic nitrogens is 1. The lowest BCUT2D eigenvalue weighted by Crippen LogP contribution is -2.30. The molecule has 2 rings (SSSR count). The SMILES string of the molecule is Cc1cc(=O)c(C(=O)NC(C)c2ccc(Cl)c(Cl)c2)c[nH]1. The monoisotopic (exact) mass is 324 g/mol. The number of hydrogen-bond donors (Lipinski definition) is 2. The molecule has 0 fully saturated rings. The molecule has 0 radical (unpaired) electrons. The first-order chi connectivity index (χ1) is 9.88. The third kappa shape index (κ3) is 3.65. The highest BCUT2D eigenvalue weighted by molar-refractivity contribution is 6.42. The summed E-state index contributed by atoms with van der Waals surface area (Å²) in [6.07, 6.45) is 1.41. The van der Waals surface area contributed by atoms with Crippen molar-refractivity contribution in [3.05, 3.63) is 67.6 Å². The number of benzene rings is 1. The van der Waals surface area contributed by atoms with Crippen molar-refractivity contribution in [1.82, 2.24) is 10.3 Å². The molecular formula is C15H14Cl2N2O2. The van der Waals surface area contributed by atoms with Gasteiger partial charge in [-0.1, -0.05) is 29.3 Å². The van der Waals surface area contributed by atoms with E-state index in [1.165, 1.54) is 12.3 Å². The summed E-state index contributed by atoms with van der Waals surface area (Å²) in [6.45, 7) is 3.56. The molecule has 1 atom stereocenters. The number of amides is 1. The van der Waals surface area contributed by atoms with E-state index in [0.29, 0.717) is 15.7 Å². The summed E-state index contributed by atoms with van der Waals surface area (Å²) in [5.41, 5.74) is 1.27. The van der Waals surface area contributed by atoms with E-state index in [2.05, 4.69) is 10.3 Å². The van der Waals surface area contributed by atoms with E-state index in [4.69, 9.17) is 23.2 Å². The molecule has 1 aromatic carbocycles. The second-order valence-electron chi connectivity index (χ2n) is 4.76. The van der Waals surface area contributed by atoms with Crippen molar-refractivity contribution in [2.24, 2.45) is 0 Å². The van der Waals surface area contributed by atoms with Gasteiger partial charge in [-0.25, -0.2) is 0 Å². The number of aromatic amines is 1. The van der Waals surface area contributed by atoms with E-state index in [1.54, 1.807) is 32.0 Å². The Bertz CT molecular complexity index is 741. The maximum absolute atomic E-state index is 12.1. The molecule has 0 saturated carbocycles. The minimum atomic E-state index is -0.435. The molecule has 6 heteroatoms. The molecule has 1 heterocycles.